The van der Waals surface area contributed by atoms with E-state index in [1.807, 2.05) is 0 Å². The summed E-state index contributed by atoms with van der Waals surface area (Å²) < 4.78 is 0. The van der Waals surface area contributed by atoms with Crippen molar-refractivity contribution in [1.29, 1.82) is 0 Å². The summed E-state index contributed by atoms with van der Waals surface area (Å²) in [5, 5.41) is 0. The number of piperazine rings is 1. The molecule has 0 aromatic heterocycles. The molecular formula is C13H24N2O. The van der Waals surface area contributed by atoms with Crippen molar-refractivity contribution in [1.82, 2.24) is 9.80 Å². The van der Waals surface area contributed by atoms with E-state index in [9.17, 15) is 4.79 Å². The third kappa shape index (κ3) is 2.46. The lowest BCUT2D eigenvalue weighted by Gasteiger charge is -2.33. The number of rotatable bonds is 2. The predicted molar refractivity (Wildman–Crippen MR) is 65.4 cm³/mol. The van der Waals surface area contributed by atoms with Crippen LogP contribution in [0.25, 0.3) is 0 Å². The predicted octanol–water partition coefficient (Wildman–Crippen LogP) is 1.24. The van der Waals surface area contributed by atoms with E-state index < -0.39 is 0 Å². The van der Waals surface area contributed by atoms with E-state index in [1.54, 1.807) is 0 Å². The minimum atomic E-state index is -0.0583. The van der Waals surface area contributed by atoms with Gasteiger partial charge in [-0.25, -0.2) is 0 Å². The lowest BCUT2D eigenvalue weighted by Crippen LogP contribution is -2.46. The standard InChI is InChI=1S/C13H24N2O/c1-13(2)5-4-11(12(13)16)10-15-8-6-14(3)7-9-15/h11H,4-10H2,1-3H3. The van der Waals surface area contributed by atoms with Gasteiger partial charge in [0.15, 0.2) is 0 Å². The summed E-state index contributed by atoms with van der Waals surface area (Å²) in [6, 6.07) is 0. The van der Waals surface area contributed by atoms with E-state index in [2.05, 4.69) is 30.7 Å². The van der Waals surface area contributed by atoms with Crippen molar-refractivity contribution in [3.05, 3.63) is 0 Å². The number of carbonyl (C=O) groups excluding carboxylic acids is 1. The van der Waals surface area contributed by atoms with Gasteiger partial charge >= 0.3 is 0 Å². The molecule has 0 radical (unpaired) electrons. The molecule has 2 aliphatic rings. The van der Waals surface area contributed by atoms with Crippen LogP contribution in [-0.2, 0) is 4.79 Å². The first-order chi connectivity index (χ1) is 7.49. The quantitative estimate of drug-likeness (QED) is 0.705. The molecule has 0 amide bonds. The molecule has 2 fully saturated rings. The third-order valence-corrected chi connectivity index (χ3v) is 4.23. The summed E-state index contributed by atoms with van der Waals surface area (Å²) >= 11 is 0. The van der Waals surface area contributed by atoms with Crippen LogP contribution in [0.3, 0.4) is 0 Å². The van der Waals surface area contributed by atoms with Crippen molar-refractivity contribution in [2.45, 2.75) is 26.7 Å². The van der Waals surface area contributed by atoms with Gasteiger partial charge < -0.3 is 9.80 Å². The zero-order chi connectivity index (χ0) is 11.8. The van der Waals surface area contributed by atoms with Crippen LogP contribution in [0.15, 0.2) is 0 Å². The first kappa shape index (κ1) is 12.1. The minimum Gasteiger partial charge on any atom is -0.304 e. The summed E-state index contributed by atoms with van der Waals surface area (Å²) in [4.78, 5) is 16.9. The Balaban J connectivity index is 1.85. The van der Waals surface area contributed by atoms with E-state index in [4.69, 9.17) is 0 Å². The van der Waals surface area contributed by atoms with Gasteiger partial charge in [0.1, 0.15) is 5.78 Å². The molecule has 0 aromatic carbocycles. The zero-order valence-corrected chi connectivity index (χ0v) is 10.8. The fourth-order valence-corrected chi connectivity index (χ4v) is 2.86. The van der Waals surface area contributed by atoms with Crippen LogP contribution in [-0.4, -0.2) is 55.4 Å². The van der Waals surface area contributed by atoms with E-state index >= 15 is 0 Å². The number of carbonyl (C=O) groups is 1. The summed E-state index contributed by atoms with van der Waals surface area (Å²) in [5.74, 6) is 0.796. The number of nitrogens with zero attached hydrogens (tertiary/aromatic N) is 2. The second kappa shape index (κ2) is 4.46. The van der Waals surface area contributed by atoms with Crippen LogP contribution in [0.2, 0.25) is 0 Å². The van der Waals surface area contributed by atoms with Crippen molar-refractivity contribution in [2.24, 2.45) is 11.3 Å². The Morgan fingerprint density at radius 1 is 1.25 bits per heavy atom. The smallest absolute Gasteiger partial charge is 0.142 e. The molecule has 1 unspecified atom stereocenters. The summed E-state index contributed by atoms with van der Waals surface area (Å²) in [5.41, 5.74) is -0.0583. The van der Waals surface area contributed by atoms with Crippen LogP contribution < -0.4 is 0 Å². The number of hydrogen-bond acceptors (Lipinski definition) is 3. The van der Waals surface area contributed by atoms with Crippen molar-refractivity contribution in [3.63, 3.8) is 0 Å². The van der Waals surface area contributed by atoms with Gasteiger partial charge in [0, 0.05) is 44.1 Å². The molecule has 1 atom stereocenters. The van der Waals surface area contributed by atoms with Gasteiger partial charge in [0.05, 0.1) is 0 Å². The number of likely N-dealkylation sites (N-methyl/N-ethyl adjacent to an activating group) is 1. The van der Waals surface area contributed by atoms with Gasteiger partial charge in [0.25, 0.3) is 0 Å². The van der Waals surface area contributed by atoms with Gasteiger partial charge in [-0.15, -0.1) is 0 Å². The van der Waals surface area contributed by atoms with Crippen LogP contribution in [0.4, 0.5) is 0 Å². The molecule has 3 heteroatoms. The molecule has 1 aliphatic heterocycles. The van der Waals surface area contributed by atoms with Crippen LogP contribution in [0.1, 0.15) is 26.7 Å². The highest BCUT2D eigenvalue weighted by molar-refractivity contribution is 5.88. The van der Waals surface area contributed by atoms with Gasteiger partial charge in [-0.1, -0.05) is 13.8 Å². The summed E-state index contributed by atoms with van der Waals surface area (Å²) in [7, 11) is 2.17. The third-order valence-electron chi connectivity index (χ3n) is 4.23. The van der Waals surface area contributed by atoms with Crippen molar-refractivity contribution >= 4 is 5.78 Å². The Morgan fingerprint density at radius 2 is 1.88 bits per heavy atom. The maximum Gasteiger partial charge on any atom is 0.142 e. The van der Waals surface area contributed by atoms with Crippen LogP contribution in [0.5, 0.6) is 0 Å². The van der Waals surface area contributed by atoms with Crippen molar-refractivity contribution in [3.8, 4) is 0 Å². The lowest BCUT2D eigenvalue weighted by molar-refractivity contribution is -0.128. The second-order valence-electron chi connectivity index (χ2n) is 6.09. The molecule has 0 bridgehead atoms. The lowest BCUT2D eigenvalue weighted by atomic mass is 9.89. The number of ketones is 1. The van der Waals surface area contributed by atoms with Crippen molar-refractivity contribution < 1.29 is 4.79 Å². The molecule has 3 nitrogen and oxygen atoms in total. The van der Waals surface area contributed by atoms with Gasteiger partial charge in [-0.05, 0) is 19.9 Å². The molecule has 0 aromatic rings. The first-order valence-corrected chi connectivity index (χ1v) is 6.44. The molecular weight excluding hydrogens is 200 g/mol. The molecule has 1 saturated heterocycles. The van der Waals surface area contributed by atoms with Gasteiger partial charge in [-0.2, -0.15) is 0 Å². The highest BCUT2D eigenvalue weighted by Crippen LogP contribution is 2.37. The highest BCUT2D eigenvalue weighted by atomic mass is 16.1. The maximum absolute atomic E-state index is 12.1. The van der Waals surface area contributed by atoms with E-state index in [0.717, 1.165) is 45.6 Å². The topological polar surface area (TPSA) is 23.6 Å². The average Bonchev–Trinajstić information content (AvgIpc) is 2.49. The molecule has 1 heterocycles. The van der Waals surface area contributed by atoms with E-state index in [1.165, 1.54) is 0 Å². The van der Waals surface area contributed by atoms with Crippen LogP contribution in [0, 0.1) is 11.3 Å². The Bertz CT molecular complexity index is 267. The average molecular weight is 224 g/mol. The number of Topliss-reactive ketones (excluding diaryl/α,β-unsaturated/α-hetero) is 1. The molecule has 92 valence electrons. The molecule has 16 heavy (non-hydrogen) atoms. The minimum absolute atomic E-state index is 0.0583. The molecule has 0 N–H and O–H groups in total. The summed E-state index contributed by atoms with van der Waals surface area (Å²) in [6.07, 6.45) is 2.17. The zero-order valence-electron chi connectivity index (χ0n) is 10.8. The van der Waals surface area contributed by atoms with Crippen molar-refractivity contribution in [2.75, 3.05) is 39.8 Å². The normalized spacial score (nSPS) is 32.2. The monoisotopic (exact) mass is 224 g/mol. The van der Waals surface area contributed by atoms with E-state index in [-0.39, 0.29) is 5.41 Å². The SMILES string of the molecule is CN1CCN(CC2CCC(C)(C)C2=O)CC1. The fraction of sp³-hybridized carbons (Fsp3) is 0.923. The Kier molecular flexibility index (Phi) is 3.36. The Hall–Kier alpha value is -0.410. The Morgan fingerprint density at radius 3 is 2.38 bits per heavy atom. The maximum atomic E-state index is 12.1. The molecule has 2 rings (SSSR count). The van der Waals surface area contributed by atoms with E-state index in [0.29, 0.717) is 11.7 Å². The first-order valence-electron chi connectivity index (χ1n) is 6.44. The Labute approximate surface area is 98.8 Å². The largest absolute Gasteiger partial charge is 0.304 e. The number of hydrogen-bond donors (Lipinski definition) is 0. The molecule has 0 spiro atoms. The molecule has 1 saturated carbocycles. The van der Waals surface area contributed by atoms with Gasteiger partial charge in [-0.3, -0.25) is 4.79 Å². The fourth-order valence-electron chi connectivity index (χ4n) is 2.86. The molecule has 1 aliphatic carbocycles. The summed E-state index contributed by atoms with van der Waals surface area (Å²) in [6.45, 7) is 9.73. The highest BCUT2D eigenvalue weighted by Gasteiger charge is 2.40. The van der Waals surface area contributed by atoms with Crippen LogP contribution >= 0.6 is 0 Å². The second-order valence-corrected chi connectivity index (χ2v) is 6.09. The van der Waals surface area contributed by atoms with Gasteiger partial charge in [0.2, 0.25) is 0 Å².